The van der Waals surface area contributed by atoms with Crippen LogP contribution in [0.2, 0.25) is 0 Å². The first-order valence-corrected chi connectivity index (χ1v) is 8.04. The summed E-state index contributed by atoms with van der Waals surface area (Å²) >= 11 is 0. The van der Waals surface area contributed by atoms with Crippen LogP contribution >= 0.6 is 0 Å². The normalized spacial score (nSPS) is 18.0. The van der Waals surface area contributed by atoms with Gasteiger partial charge in [-0.15, -0.1) is 0 Å². The number of hydrogen-bond donors (Lipinski definition) is 1. The van der Waals surface area contributed by atoms with Crippen LogP contribution in [0.4, 0.5) is 0 Å². The number of likely N-dealkylation sites (tertiary alicyclic amines) is 1. The lowest BCUT2D eigenvalue weighted by molar-refractivity contribution is 0.0492. The summed E-state index contributed by atoms with van der Waals surface area (Å²) in [6.07, 6.45) is 6.98. The molecule has 0 saturated carbocycles. The van der Waals surface area contributed by atoms with Gasteiger partial charge in [0.2, 0.25) is 5.88 Å². The van der Waals surface area contributed by atoms with Crippen LogP contribution in [0.15, 0.2) is 30.7 Å². The molecule has 3 heterocycles. The fraction of sp³-hybridized carbons (Fsp3) is 0.529. The molecule has 0 aliphatic carbocycles. The Morgan fingerprint density at radius 2 is 2.09 bits per heavy atom. The number of aryl methyl sites for hydroxylation is 1. The first kappa shape index (κ1) is 16.0. The monoisotopic (exact) mass is 316 g/mol. The van der Waals surface area contributed by atoms with E-state index in [0.717, 1.165) is 38.3 Å². The molecule has 3 rings (SSSR count). The minimum Gasteiger partial charge on any atom is -0.481 e. The van der Waals surface area contributed by atoms with Gasteiger partial charge in [-0.25, -0.2) is 9.97 Å². The summed E-state index contributed by atoms with van der Waals surface area (Å²) in [4.78, 5) is 10.9. The van der Waals surface area contributed by atoms with Crippen LogP contribution in [0.3, 0.4) is 0 Å². The van der Waals surface area contributed by atoms with E-state index in [-0.39, 0.29) is 5.92 Å². The van der Waals surface area contributed by atoms with Gasteiger partial charge in [-0.1, -0.05) is 6.07 Å². The highest BCUT2D eigenvalue weighted by Crippen LogP contribution is 2.30. The second-order valence-corrected chi connectivity index (χ2v) is 6.16. The molecular formula is C17H24N4O2. The van der Waals surface area contributed by atoms with Crippen LogP contribution in [0.1, 0.15) is 30.3 Å². The van der Waals surface area contributed by atoms with Gasteiger partial charge in [0.05, 0.1) is 7.11 Å². The molecule has 6 heteroatoms. The minimum absolute atomic E-state index is 0.279. The van der Waals surface area contributed by atoms with Gasteiger partial charge in [0.25, 0.3) is 0 Å². The van der Waals surface area contributed by atoms with Gasteiger partial charge < -0.3 is 14.4 Å². The summed E-state index contributed by atoms with van der Waals surface area (Å²) in [5.41, 5.74) is 1.19. The molecule has 0 spiro atoms. The molecule has 0 amide bonds. The Hall–Kier alpha value is -1.92. The summed E-state index contributed by atoms with van der Waals surface area (Å²) in [6.45, 7) is 2.86. The van der Waals surface area contributed by atoms with Gasteiger partial charge in [-0.2, -0.15) is 0 Å². The van der Waals surface area contributed by atoms with Gasteiger partial charge in [-0.05, 0) is 37.4 Å². The molecule has 1 aliphatic rings. The van der Waals surface area contributed by atoms with Crippen molar-refractivity contribution in [2.45, 2.75) is 25.5 Å². The van der Waals surface area contributed by atoms with Crippen molar-refractivity contribution >= 4 is 0 Å². The van der Waals surface area contributed by atoms with E-state index in [1.807, 2.05) is 30.1 Å². The van der Waals surface area contributed by atoms with Crippen molar-refractivity contribution in [2.24, 2.45) is 13.0 Å². The van der Waals surface area contributed by atoms with Crippen LogP contribution in [0.25, 0.3) is 0 Å². The zero-order chi connectivity index (χ0) is 16.2. The Morgan fingerprint density at radius 3 is 2.65 bits per heavy atom. The zero-order valence-corrected chi connectivity index (χ0v) is 13.7. The highest BCUT2D eigenvalue weighted by molar-refractivity contribution is 5.17. The van der Waals surface area contributed by atoms with E-state index in [2.05, 4.69) is 20.9 Å². The molecular weight excluding hydrogens is 292 g/mol. The molecule has 1 saturated heterocycles. The fourth-order valence-corrected chi connectivity index (χ4v) is 3.18. The third-order valence-corrected chi connectivity index (χ3v) is 4.61. The second-order valence-electron chi connectivity index (χ2n) is 6.16. The van der Waals surface area contributed by atoms with E-state index in [0.29, 0.717) is 5.88 Å². The van der Waals surface area contributed by atoms with Crippen molar-refractivity contribution in [1.82, 2.24) is 19.4 Å². The number of imidazole rings is 1. The van der Waals surface area contributed by atoms with Crippen LogP contribution in [-0.4, -0.2) is 44.7 Å². The maximum absolute atomic E-state index is 10.5. The Labute approximate surface area is 136 Å². The van der Waals surface area contributed by atoms with Crippen molar-refractivity contribution in [3.05, 3.63) is 42.1 Å². The van der Waals surface area contributed by atoms with E-state index < -0.39 is 6.10 Å². The summed E-state index contributed by atoms with van der Waals surface area (Å²) in [5, 5.41) is 10.5. The molecule has 0 bridgehead atoms. The Balaban J connectivity index is 1.52. The van der Waals surface area contributed by atoms with Gasteiger partial charge in [0.1, 0.15) is 11.9 Å². The average molecular weight is 316 g/mol. The molecule has 0 aromatic carbocycles. The lowest BCUT2D eigenvalue weighted by Gasteiger charge is -2.34. The fourth-order valence-electron chi connectivity index (χ4n) is 3.18. The Morgan fingerprint density at radius 1 is 1.30 bits per heavy atom. The summed E-state index contributed by atoms with van der Waals surface area (Å²) in [7, 11) is 3.55. The van der Waals surface area contributed by atoms with E-state index >= 15 is 0 Å². The number of piperidine rings is 1. The maximum atomic E-state index is 10.5. The number of aliphatic hydroxyl groups is 1. The molecule has 6 nitrogen and oxygen atoms in total. The third kappa shape index (κ3) is 3.71. The summed E-state index contributed by atoms with van der Waals surface area (Å²) < 4.78 is 6.99. The molecule has 2 aromatic heterocycles. The number of ether oxygens (including phenoxy) is 1. The van der Waals surface area contributed by atoms with Crippen molar-refractivity contribution in [2.75, 3.05) is 20.2 Å². The van der Waals surface area contributed by atoms with Gasteiger partial charge >= 0.3 is 0 Å². The molecule has 2 aromatic rings. The van der Waals surface area contributed by atoms with Crippen molar-refractivity contribution in [1.29, 1.82) is 0 Å². The molecule has 1 aliphatic heterocycles. The minimum atomic E-state index is -0.472. The second kappa shape index (κ2) is 7.10. The molecule has 124 valence electrons. The van der Waals surface area contributed by atoms with Crippen LogP contribution in [0.5, 0.6) is 5.88 Å². The summed E-state index contributed by atoms with van der Waals surface area (Å²) in [5.74, 6) is 1.69. The number of methoxy groups -OCH3 is 1. The largest absolute Gasteiger partial charge is 0.481 e. The predicted molar refractivity (Wildman–Crippen MR) is 87.0 cm³/mol. The van der Waals surface area contributed by atoms with Crippen LogP contribution in [0, 0.1) is 5.92 Å². The van der Waals surface area contributed by atoms with Crippen LogP contribution in [-0.2, 0) is 13.6 Å². The zero-order valence-electron chi connectivity index (χ0n) is 13.7. The SMILES string of the molecule is COc1ccc(CN2CCC([C@@H](O)c3nccn3C)CC2)cn1. The molecule has 0 unspecified atom stereocenters. The van der Waals surface area contributed by atoms with Crippen LogP contribution < -0.4 is 4.74 Å². The Bertz CT molecular complexity index is 618. The standard InChI is InChI=1S/C17H24N4O2/c1-20-10-7-18-17(20)16(22)14-5-8-21(9-6-14)12-13-3-4-15(23-2)19-11-13/h3-4,7,10-11,14,16,22H,5-6,8-9,12H2,1-2H3/t16-/m1/s1. The van der Waals surface area contributed by atoms with Gasteiger partial charge in [0, 0.05) is 38.2 Å². The number of rotatable bonds is 5. The van der Waals surface area contributed by atoms with E-state index in [1.54, 1.807) is 13.3 Å². The number of aromatic nitrogens is 3. The quantitative estimate of drug-likeness (QED) is 0.911. The predicted octanol–water partition coefficient (Wildman–Crippen LogP) is 1.77. The lowest BCUT2D eigenvalue weighted by atomic mass is 9.90. The average Bonchev–Trinajstić information content (AvgIpc) is 3.02. The highest BCUT2D eigenvalue weighted by atomic mass is 16.5. The first-order valence-electron chi connectivity index (χ1n) is 8.04. The first-order chi connectivity index (χ1) is 11.2. The number of aliphatic hydroxyl groups excluding tert-OH is 1. The molecule has 1 N–H and O–H groups in total. The van der Waals surface area contributed by atoms with Crippen molar-refractivity contribution in [3.8, 4) is 5.88 Å². The molecule has 23 heavy (non-hydrogen) atoms. The van der Waals surface area contributed by atoms with Gasteiger partial charge in [0.15, 0.2) is 0 Å². The molecule has 0 radical (unpaired) electrons. The molecule has 1 atom stereocenters. The third-order valence-electron chi connectivity index (χ3n) is 4.61. The van der Waals surface area contributed by atoms with Gasteiger partial charge in [-0.3, -0.25) is 4.90 Å². The maximum Gasteiger partial charge on any atom is 0.212 e. The topological polar surface area (TPSA) is 63.4 Å². The van der Waals surface area contributed by atoms with E-state index in [1.165, 1.54) is 5.56 Å². The number of nitrogens with zero attached hydrogens (tertiary/aromatic N) is 4. The van der Waals surface area contributed by atoms with Crippen molar-refractivity contribution < 1.29 is 9.84 Å². The summed E-state index contributed by atoms with van der Waals surface area (Å²) in [6, 6.07) is 3.95. The number of hydrogen-bond acceptors (Lipinski definition) is 5. The van der Waals surface area contributed by atoms with Crippen molar-refractivity contribution in [3.63, 3.8) is 0 Å². The van der Waals surface area contributed by atoms with E-state index in [9.17, 15) is 5.11 Å². The smallest absolute Gasteiger partial charge is 0.212 e. The number of pyridine rings is 1. The Kier molecular flexibility index (Phi) is 4.93. The molecule has 1 fully saturated rings. The highest BCUT2D eigenvalue weighted by Gasteiger charge is 2.28. The van der Waals surface area contributed by atoms with E-state index in [4.69, 9.17) is 4.74 Å². The lowest BCUT2D eigenvalue weighted by Crippen LogP contribution is -2.35.